The molecule has 0 spiro atoms. The Bertz CT molecular complexity index is 872. The third-order valence-electron chi connectivity index (χ3n) is 4.12. The molecule has 0 saturated carbocycles. The molecule has 0 fully saturated rings. The molecular formula is C18H16ClNO4. The van der Waals surface area contributed by atoms with E-state index in [1.807, 2.05) is 18.2 Å². The highest BCUT2D eigenvalue weighted by Crippen LogP contribution is 2.32. The van der Waals surface area contributed by atoms with E-state index in [1.54, 1.807) is 13.0 Å². The van der Waals surface area contributed by atoms with Crippen LogP contribution in [-0.4, -0.2) is 23.3 Å². The molecule has 124 valence electrons. The largest absolute Gasteiger partial charge is 0.462 e. The first-order valence-electron chi connectivity index (χ1n) is 7.71. The summed E-state index contributed by atoms with van der Waals surface area (Å²) < 4.78 is 4.85. The van der Waals surface area contributed by atoms with Crippen molar-refractivity contribution >= 4 is 23.4 Å². The molecule has 1 aliphatic rings. The Morgan fingerprint density at radius 2 is 2.08 bits per heavy atom. The van der Waals surface area contributed by atoms with Crippen molar-refractivity contribution in [2.75, 3.05) is 6.61 Å². The number of hydrogen-bond acceptors (Lipinski definition) is 4. The normalized spacial score (nSPS) is 16.6. The summed E-state index contributed by atoms with van der Waals surface area (Å²) in [6.07, 6.45) is 0.821. The number of H-pyrrole nitrogens is 1. The fraction of sp³-hybridized carbons (Fsp3) is 0.278. The Morgan fingerprint density at radius 3 is 2.79 bits per heavy atom. The lowest BCUT2D eigenvalue weighted by molar-refractivity contribution is 0.0524. The maximum absolute atomic E-state index is 12.5. The van der Waals surface area contributed by atoms with E-state index in [0.717, 1.165) is 5.56 Å². The number of hydrogen-bond donors (Lipinski definition) is 1. The number of rotatable bonds is 3. The van der Waals surface area contributed by atoms with Gasteiger partial charge in [-0.15, -0.1) is 0 Å². The monoisotopic (exact) mass is 345 g/mol. The molecule has 1 aliphatic carbocycles. The minimum Gasteiger partial charge on any atom is -0.462 e. The molecule has 1 unspecified atom stereocenters. The molecule has 0 saturated heterocycles. The molecule has 2 aromatic rings. The minimum absolute atomic E-state index is 0.0483. The second-order valence-electron chi connectivity index (χ2n) is 5.71. The van der Waals surface area contributed by atoms with Crippen molar-refractivity contribution in [2.45, 2.75) is 25.7 Å². The first-order valence-corrected chi connectivity index (χ1v) is 8.09. The van der Waals surface area contributed by atoms with Crippen LogP contribution in [0.4, 0.5) is 0 Å². The standard InChI is InChI=1S/C18H16ClNO4/c1-2-24-18(23)14-9-13-15(20-17(14)22)7-11(8-16(13)21)10-4-3-5-12(19)6-10/h3-6,9,11H,2,7-8H2,1H3,(H,20,22). The maximum Gasteiger partial charge on any atom is 0.343 e. The van der Waals surface area contributed by atoms with E-state index < -0.39 is 11.5 Å². The first-order chi connectivity index (χ1) is 11.5. The zero-order chi connectivity index (χ0) is 17.3. The molecule has 1 aromatic heterocycles. The Balaban J connectivity index is 1.97. The number of carbonyl (C=O) groups excluding carboxylic acids is 2. The summed E-state index contributed by atoms with van der Waals surface area (Å²) in [5, 5.41) is 0.608. The number of fused-ring (bicyclic) bond motifs is 1. The second kappa shape index (κ2) is 6.61. The number of halogens is 1. The number of pyridine rings is 1. The number of ketones is 1. The van der Waals surface area contributed by atoms with Crippen LogP contribution in [0, 0.1) is 0 Å². The molecule has 1 N–H and O–H groups in total. The van der Waals surface area contributed by atoms with Crippen LogP contribution in [0.1, 0.15) is 51.2 Å². The summed E-state index contributed by atoms with van der Waals surface area (Å²) >= 11 is 6.02. The van der Waals surface area contributed by atoms with Crippen molar-refractivity contribution in [3.8, 4) is 0 Å². The number of carbonyl (C=O) groups is 2. The number of Topliss-reactive ketones (excluding diaryl/α,β-unsaturated/α-hetero) is 1. The van der Waals surface area contributed by atoms with Gasteiger partial charge in [0.25, 0.3) is 5.56 Å². The van der Waals surface area contributed by atoms with Gasteiger partial charge < -0.3 is 9.72 Å². The zero-order valence-corrected chi connectivity index (χ0v) is 13.9. The molecule has 1 aromatic carbocycles. The average Bonchev–Trinajstić information content (AvgIpc) is 2.54. The average molecular weight is 346 g/mol. The molecule has 5 nitrogen and oxygen atoms in total. The molecular weight excluding hydrogens is 330 g/mol. The van der Waals surface area contributed by atoms with Gasteiger partial charge >= 0.3 is 5.97 Å². The quantitative estimate of drug-likeness (QED) is 0.867. The Kier molecular flexibility index (Phi) is 4.53. The lowest BCUT2D eigenvalue weighted by Crippen LogP contribution is -2.28. The first kappa shape index (κ1) is 16.5. The number of aromatic nitrogens is 1. The summed E-state index contributed by atoms with van der Waals surface area (Å²) in [5.41, 5.74) is 1.22. The topological polar surface area (TPSA) is 76.2 Å². The molecule has 0 bridgehead atoms. The van der Waals surface area contributed by atoms with Crippen molar-refractivity contribution < 1.29 is 14.3 Å². The van der Waals surface area contributed by atoms with Crippen molar-refractivity contribution in [1.82, 2.24) is 4.98 Å². The highest BCUT2D eigenvalue weighted by atomic mass is 35.5. The van der Waals surface area contributed by atoms with E-state index in [9.17, 15) is 14.4 Å². The van der Waals surface area contributed by atoms with Crippen LogP contribution in [0.2, 0.25) is 5.02 Å². The predicted molar refractivity (Wildman–Crippen MR) is 89.9 cm³/mol. The fourth-order valence-corrected chi connectivity index (χ4v) is 3.19. The van der Waals surface area contributed by atoms with E-state index in [1.165, 1.54) is 6.07 Å². The Hall–Kier alpha value is -2.40. The molecule has 24 heavy (non-hydrogen) atoms. The maximum atomic E-state index is 12.5. The van der Waals surface area contributed by atoms with Crippen LogP contribution >= 0.6 is 11.6 Å². The van der Waals surface area contributed by atoms with E-state index in [-0.39, 0.29) is 23.9 Å². The SMILES string of the molecule is CCOC(=O)c1cc2c([nH]c1=O)CC(c1cccc(Cl)c1)CC2=O. The van der Waals surface area contributed by atoms with Crippen LogP contribution < -0.4 is 5.56 Å². The molecule has 0 aliphatic heterocycles. The van der Waals surface area contributed by atoms with Gasteiger partial charge in [-0.25, -0.2) is 4.79 Å². The number of esters is 1. The summed E-state index contributed by atoms with van der Waals surface area (Å²) in [6, 6.07) is 8.71. The van der Waals surface area contributed by atoms with Gasteiger partial charge in [0.1, 0.15) is 5.56 Å². The van der Waals surface area contributed by atoms with Crippen molar-refractivity contribution in [3.63, 3.8) is 0 Å². The van der Waals surface area contributed by atoms with E-state index in [2.05, 4.69) is 4.98 Å². The molecule has 3 rings (SSSR count). The van der Waals surface area contributed by atoms with E-state index in [4.69, 9.17) is 16.3 Å². The van der Waals surface area contributed by atoms with Crippen molar-refractivity contribution in [1.29, 1.82) is 0 Å². The summed E-state index contributed by atoms with van der Waals surface area (Å²) in [4.78, 5) is 39.1. The third-order valence-corrected chi connectivity index (χ3v) is 4.36. The highest BCUT2D eigenvalue weighted by Gasteiger charge is 2.29. The molecule has 0 radical (unpaired) electrons. The van der Waals surface area contributed by atoms with Crippen LogP contribution in [0.5, 0.6) is 0 Å². The van der Waals surface area contributed by atoms with Gasteiger partial charge in [-0.2, -0.15) is 0 Å². The van der Waals surface area contributed by atoms with Crippen LogP contribution in [-0.2, 0) is 11.2 Å². The van der Waals surface area contributed by atoms with Gasteiger partial charge in [0, 0.05) is 22.7 Å². The molecule has 1 heterocycles. The van der Waals surface area contributed by atoms with Gasteiger partial charge in [0.05, 0.1) is 6.61 Å². The van der Waals surface area contributed by atoms with Gasteiger partial charge in [0.2, 0.25) is 0 Å². The third kappa shape index (κ3) is 3.12. The predicted octanol–water partition coefficient (Wildman–Crippen LogP) is 3.12. The molecule has 1 atom stereocenters. The molecule has 0 amide bonds. The lowest BCUT2D eigenvalue weighted by Gasteiger charge is -2.24. The number of benzene rings is 1. The highest BCUT2D eigenvalue weighted by molar-refractivity contribution is 6.30. The summed E-state index contributed by atoms with van der Waals surface area (Å²) in [5.74, 6) is -0.873. The van der Waals surface area contributed by atoms with Crippen LogP contribution in [0.25, 0.3) is 0 Å². The fourth-order valence-electron chi connectivity index (χ4n) is 2.99. The zero-order valence-electron chi connectivity index (χ0n) is 13.1. The number of nitrogens with one attached hydrogen (secondary N) is 1. The smallest absolute Gasteiger partial charge is 0.343 e. The molecule has 6 heteroatoms. The number of ether oxygens (including phenoxy) is 1. The minimum atomic E-state index is -0.716. The Labute approximate surface area is 143 Å². The van der Waals surface area contributed by atoms with Crippen LogP contribution in [0.3, 0.4) is 0 Å². The lowest BCUT2D eigenvalue weighted by atomic mass is 9.81. The van der Waals surface area contributed by atoms with Crippen LogP contribution in [0.15, 0.2) is 35.1 Å². The summed E-state index contributed by atoms with van der Waals surface area (Å²) in [7, 11) is 0. The Morgan fingerprint density at radius 1 is 1.29 bits per heavy atom. The van der Waals surface area contributed by atoms with Crippen molar-refractivity contribution in [2.24, 2.45) is 0 Å². The van der Waals surface area contributed by atoms with E-state index in [0.29, 0.717) is 29.1 Å². The van der Waals surface area contributed by atoms with Gasteiger partial charge in [0.15, 0.2) is 5.78 Å². The van der Waals surface area contributed by atoms with Crippen molar-refractivity contribution in [3.05, 3.63) is 68.1 Å². The van der Waals surface area contributed by atoms with Gasteiger partial charge in [-0.3, -0.25) is 9.59 Å². The number of aromatic amines is 1. The second-order valence-corrected chi connectivity index (χ2v) is 6.14. The summed E-state index contributed by atoms with van der Waals surface area (Å²) in [6.45, 7) is 1.82. The van der Waals surface area contributed by atoms with Gasteiger partial charge in [-0.05, 0) is 43.0 Å². The van der Waals surface area contributed by atoms with Gasteiger partial charge in [-0.1, -0.05) is 23.7 Å². The van der Waals surface area contributed by atoms with E-state index >= 15 is 0 Å².